The summed E-state index contributed by atoms with van der Waals surface area (Å²) in [5.41, 5.74) is 2.67. The zero-order valence-corrected chi connectivity index (χ0v) is 17.0. The summed E-state index contributed by atoms with van der Waals surface area (Å²) in [6.07, 6.45) is 2.21. The predicted molar refractivity (Wildman–Crippen MR) is 113 cm³/mol. The van der Waals surface area contributed by atoms with Gasteiger partial charge in [-0.05, 0) is 37.5 Å². The van der Waals surface area contributed by atoms with E-state index in [1.165, 1.54) is 11.8 Å². The van der Waals surface area contributed by atoms with Crippen molar-refractivity contribution in [3.63, 3.8) is 0 Å². The molecule has 1 heterocycles. The second-order valence-corrected chi connectivity index (χ2v) is 7.50. The van der Waals surface area contributed by atoms with Crippen molar-refractivity contribution in [1.82, 2.24) is 20.1 Å². The number of carboxylic acids is 1. The summed E-state index contributed by atoms with van der Waals surface area (Å²) in [7, 11) is 0. The lowest BCUT2D eigenvalue weighted by Gasteiger charge is -2.12. The number of rotatable bonds is 8. The van der Waals surface area contributed by atoms with Gasteiger partial charge in [-0.1, -0.05) is 48.0 Å². The van der Waals surface area contributed by atoms with Gasteiger partial charge < -0.3 is 10.4 Å². The van der Waals surface area contributed by atoms with Crippen molar-refractivity contribution in [3.05, 3.63) is 66.0 Å². The number of carbonyl (C=O) groups is 2. The van der Waals surface area contributed by atoms with Gasteiger partial charge in [-0.15, -0.1) is 5.10 Å². The molecule has 0 spiro atoms. The van der Waals surface area contributed by atoms with Gasteiger partial charge in [0, 0.05) is 5.56 Å². The summed E-state index contributed by atoms with van der Waals surface area (Å²) in [5.74, 6) is -0.622. The third-order valence-electron chi connectivity index (χ3n) is 4.33. The molecule has 150 valence electrons. The Bertz CT molecular complexity index is 987. The quantitative estimate of drug-likeness (QED) is 0.592. The van der Waals surface area contributed by atoms with Gasteiger partial charge in [0.05, 0.1) is 5.69 Å². The molecule has 1 aromatic heterocycles. The standard InChI is InChI=1S/C21H22N4O3S/c1-14-8-10-16(11-9-14)25-19(15-6-4-3-5-7-15)23-18(24-25)20(26)22-17(21(27)28)12-13-29-2/h3-11,17H,12-13H2,1-2H3,(H,22,26)(H,27,28). The van der Waals surface area contributed by atoms with Gasteiger partial charge in [0.1, 0.15) is 6.04 Å². The number of carboxylic acid groups (broad SMARTS) is 1. The molecule has 0 radical (unpaired) electrons. The minimum absolute atomic E-state index is 0.0696. The summed E-state index contributed by atoms with van der Waals surface area (Å²) in [6, 6.07) is 16.1. The van der Waals surface area contributed by atoms with Crippen molar-refractivity contribution < 1.29 is 14.7 Å². The Morgan fingerprint density at radius 3 is 2.45 bits per heavy atom. The fourth-order valence-corrected chi connectivity index (χ4v) is 3.24. The second kappa shape index (κ2) is 9.38. The molecule has 1 amide bonds. The number of thioether (sulfide) groups is 1. The second-order valence-electron chi connectivity index (χ2n) is 6.52. The van der Waals surface area contributed by atoms with Gasteiger partial charge in [-0.2, -0.15) is 11.8 Å². The zero-order chi connectivity index (χ0) is 20.8. The molecule has 7 nitrogen and oxygen atoms in total. The molecule has 0 saturated carbocycles. The number of aliphatic carboxylic acids is 1. The first kappa shape index (κ1) is 20.6. The van der Waals surface area contributed by atoms with Crippen LogP contribution < -0.4 is 5.32 Å². The van der Waals surface area contributed by atoms with E-state index in [1.807, 2.05) is 67.8 Å². The van der Waals surface area contributed by atoms with Crippen LogP contribution in [0.3, 0.4) is 0 Å². The molecule has 1 atom stereocenters. The minimum Gasteiger partial charge on any atom is -0.480 e. The molecular weight excluding hydrogens is 388 g/mol. The minimum atomic E-state index is -1.08. The van der Waals surface area contributed by atoms with Crippen LogP contribution in [0, 0.1) is 6.92 Å². The Balaban J connectivity index is 1.96. The summed E-state index contributed by atoms with van der Waals surface area (Å²) in [5, 5.41) is 16.3. The van der Waals surface area contributed by atoms with E-state index in [1.54, 1.807) is 4.68 Å². The third kappa shape index (κ3) is 5.03. The number of aromatic nitrogens is 3. The number of nitrogens with one attached hydrogen (secondary N) is 1. The van der Waals surface area contributed by atoms with Gasteiger partial charge >= 0.3 is 5.97 Å². The van der Waals surface area contributed by atoms with Crippen LogP contribution in [0.1, 0.15) is 22.6 Å². The zero-order valence-electron chi connectivity index (χ0n) is 16.2. The summed E-state index contributed by atoms with van der Waals surface area (Å²) >= 11 is 1.52. The highest BCUT2D eigenvalue weighted by molar-refractivity contribution is 7.98. The first-order valence-corrected chi connectivity index (χ1v) is 10.5. The maximum absolute atomic E-state index is 12.7. The van der Waals surface area contributed by atoms with Crippen LogP contribution in [0.5, 0.6) is 0 Å². The Hall–Kier alpha value is -3.13. The van der Waals surface area contributed by atoms with Crippen molar-refractivity contribution in [3.8, 4) is 17.1 Å². The lowest BCUT2D eigenvalue weighted by Crippen LogP contribution is -2.41. The van der Waals surface area contributed by atoms with E-state index in [0.717, 1.165) is 16.8 Å². The molecule has 0 bridgehead atoms. The molecule has 0 aliphatic rings. The average Bonchev–Trinajstić information content (AvgIpc) is 3.17. The molecule has 3 aromatic rings. The molecule has 3 rings (SSSR count). The van der Waals surface area contributed by atoms with Crippen LogP contribution in [0.15, 0.2) is 54.6 Å². The van der Waals surface area contributed by atoms with E-state index in [4.69, 9.17) is 0 Å². The summed E-state index contributed by atoms with van der Waals surface area (Å²) in [4.78, 5) is 28.5. The number of carbonyl (C=O) groups excluding carboxylic acids is 1. The molecule has 8 heteroatoms. The Morgan fingerprint density at radius 1 is 1.14 bits per heavy atom. The predicted octanol–water partition coefficient (Wildman–Crippen LogP) is 3.18. The number of hydrogen-bond acceptors (Lipinski definition) is 5. The van der Waals surface area contributed by atoms with Crippen LogP contribution in [0.2, 0.25) is 0 Å². The van der Waals surface area contributed by atoms with E-state index in [9.17, 15) is 14.7 Å². The summed E-state index contributed by atoms with van der Waals surface area (Å²) < 4.78 is 1.60. The molecule has 2 N–H and O–H groups in total. The fourth-order valence-electron chi connectivity index (χ4n) is 2.76. The Morgan fingerprint density at radius 2 is 1.83 bits per heavy atom. The molecule has 0 saturated heterocycles. The van der Waals surface area contributed by atoms with E-state index in [-0.39, 0.29) is 5.82 Å². The molecule has 2 aromatic carbocycles. The van der Waals surface area contributed by atoms with E-state index < -0.39 is 17.9 Å². The number of amides is 1. The molecule has 1 unspecified atom stereocenters. The number of hydrogen-bond donors (Lipinski definition) is 2. The van der Waals surface area contributed by atoms with Crippen molar-refractivity contribution in [2.45, 2.75) is 19.4 Å². The lowest BCUT2D eigenvalue weighted by molar-refractivity contribution is -0.139. The van der Waals surface area contributed by atoms with Crippen molar-refractivity contribution >= 4 is 23.6 Å². The van der Waals surface area contributed by atoms with Gasteiger partial charge in [0.15, 0.2) is 5.82 Å². The van der Waals surface area contributed by atoms with Gasteiger partial charge in [-0.25, -0.2) is 14.5 Å². The number of aryl methyl sites for hydroxylation is 1. The van der Waals surface area contributed by atoms with Gasteiger partial charge in [0.2, 0.25) is 5.82 Å². The van der Waals surface area contributed by atoms with Gasteiger partial charge in [0.25, 0.3) is 5.91 Å². The van der Waals surface area contributed by atoms with Crippen molar-refractivity contribution in [2.75, 3.05) is 12.0 Å². The summed E-state index contributed by atoms with van der Waals surface area (Å²) in [6.45, 7) is 1.99. The highest BCUT2D eigenvalue weighted by Gasteiger charge is 2.24. The maximum Gasteiger partial charge on any atom is 0.326 e. The fraction of sp³-hybridized carbons (Fsp3) is 0.238. The van der Waals surface area contributed by atoms with Crippen LogP contribution >= 0.6 is 11.8 Å². The number of nitrogens with zero attached hydrogens (tertiary/aromatic N) is 3. The van der Waals surface area contributed by atoms with Crippen molar-refractivity contribution in [1.29, 1.82) is 0 Å². The first-order valence-electron chi connectivity index (χ1n) is 9.11. The van der Waals surface area contributed by atoms with Crippen LogP contribution in [-0.2, 0) is 4.79 Å². The monoisotopic (exact) mass is 410 g/mol. The molecule has 0 fully saturated rings. The topological polar surface area (TPSA) is 97.1 Å². The normalized spacial score (nSPS) is 11.8. The highest BCUT2D eigenvalue weighted by atomic mass is 32.2. The lowest BCUT2D eigenvalue weighted by atomic mass is 10.2. The van der Waals surface area contributed by atoms with Crippen molar-refractivity contribution in [2.24, 2.45) is 0 Å². The number of benzene rings is 2. The Kier molecular flexibility index (Phi) is 6.66. The van der Waals surface area contributed by atoms with Crippen LogP contribution in [0.25, 0.3) is 17.1 Å². The smallest absolute Gasteiger partial charge is 0.326 e. The average molecular weight is 410 g/mol. The molecule has 0 aliphatic heterocycles. The molecule has 0 aliphatic carbocycles. The SMILES string of the molecule is CSCCC(NC(=O)c1nc(-c2ccccc2)n(-c2ccc(C)cc2)n1)C(=O)O. The van der Waals surface area contributed by atoms with E-state index in [0.29, 0.717) is 18.0 Å². The van der Waals surface area contributed by atoms with E-state index >= 15 is 0 Å². The Labute approximate surface area is 173 Å². The van der Waals surface area contributed by atoms with E-state index in [2.05, 4.69) is 15.4 Å². The molecule has 29 heavy (non-hydrogen) atoms. The first-order chi connectivity index (χ1) is 14.0. The van der Waals surface area contributed by atoms with Gasteiger partial charge in [-0.3, -0.25) is 4.79 Å². The maximum atomic E-state index is 12.7. The van der Waals surface area contributed by atoms with Crippen LogP contribution in [-0.4, -0.2) is 49.8 Å². The van der Waals surface area contributed by atoms with Crippen LogP contribution in [0.4, 0.5) is 0 Å². The third-order valence-corrected chi connectivity index (χ3v) is 4.98. The highest BCUT2D eigenvalue weighted by Crippen LogP contribution is 2.21. The molecular formula is C21H22N4O3S. The largest absolute Gasteiger partial charge is 0.480 e.